The number of nitrogens with one attached hydrogen (secondary N) is 2. The molecule has 6 heteroatoms. The predicted octanol–water partition coefficient (Wildman–Crippen LogP) is 0.897. The van der Waals surface area contributed by atoms with Crippen LogP contribution in [0.5, 0.6) is 0 Å². The standard InChI is InChI=1S/C15H21N3O3/c19-13-7-2-1-3-10-18(13)11-5-9-17-15(21)12-6-4-8-16-14(12)20/h4,6,8H,1-3,5,7,9-11H2,(H,16,20)(H,17,21). The maximum absolute atomic E-state index is 11.8. The van der Waals surface area contributed by atoms with Crippen LogP contribution < -0.4 is 10.9 Å². The number of nitrogens with zero attached hydrogens (tertiary/aromatic N) is 1. The number of pyridine rings is 1. The highest BCUT2D eigenvalue weighted by molar-refractivity contribution is 5.93. The molecule has 0 unspecified atom stereocenters. The Morgan fingerprint density at radius 1 is 1.29 bits per heavy atom. The lowest BCUT2D eigenvalue weighted by Crippen LogP contribution is -2.35. The topological polar surface area (TPSA) is 82.3 Å². The smallest absolute Gasteiger partial charge is 0.260 e. The molecule has 1 aliphatic rings. The first kappa shape index (κ1) is 15.3. The molecule has 114 valence electrons. The lowest BCUT2D eigenvalue weighted by molar-refractivity contribution is -0.130. The van der Waals surface area contributed by atoms with Crippen molar-refractivity contribution in [2.45, 2.75) is 32.1 Å². The Kier molecular flexibility index (Phi) is 5.54. The summed E-state index contributed by atoms with van der Waals surface area (Å²) in [4.78, 5) is 39.4. The number of rotatable bonds is 5. The number of aromatic amines is 1. The van der Waals surface area contributed by atoms with Gasteiger partial charge in [0.05, 0.1) is 0 Å². The first-order valence-corrected chi connectivity index (χ1v) is 7.42. The Hall–Kier alpha value is -2.11. The van der Waals surface area contributed by atoms with E-state index in [2.05, 4.69) is 10.3 Å². The van der Waals surface area contributed by atoms with Crippen LogP contribution in [0.1, 0.15) is 42.5 Å². The molecule has 1 aromatic heterocycles. The fourth-order valence-electron chi connectivity index (χ4n) is 2.44. The quantitative estimate of drug-likeness (QED) is 0.791. The minimum absolute atomic E-state index is 0.114. The number of hydrogen-bond donors (Lipinski definition) is 2. The molecule has 0 bridgehead atoms. The van der Waals surface area contributed by atoms with Crippen molar-refractivity contribution in [3.05, 3.63) is 34.2 Å². The third-order valence-electron chi connectivity index (χ3n) is 3.62. The van der Waals surface area contributed by atoms with Gasteiger partial charge in [0.25, 0.3) is 11.5 Å². The molecule has 0 aliphatic carbocycles. The third kappa shape index (κ3) is 4.44. The van der Waals surface area contributed by atoms with Gasteiger partial charge in [-0.25, -0.2) is 0 Å². The Balaban J connectivity index is 1.74. The van der Waals surface area contributed by atoms with Crippen molar-refractivity contribution < 1.29 is 9.59 Å². The summed E-state index contributed by atoms with van der Waals surface area (Å²) in [7, 11) is 0. The van der Waals surface area contributed by atoms with Crippen molar-refractivity contribution in [1.82, 2.24) is 15.2 Å². The van der Waals surface area contributed by atoms with Gasteiger partial charge in [-0.1, -0.05) is 6.42 Å². The molecule has 1 saturated heterocycles. The summed E-state index contributed by atoms with van der Waals surface area (Å²) in [5, 5.41) is 2.71. The Morgan fingerprint density at radius 2 is 2.14 bits per heavy atom. The van der Waals surface area contributed by atoms with E-state index in [1.54, 1.807) is 6.07 Å². The van der Waals surface area contributed by atoms with E-state index in [0.717, 1.165) is 25.8 Å². The van der Waals surface area contributed by atoms with E-state index in [1.165, 1.54) is 12.3 Å². The van der Waals surface area contributed by atoms with E-state index >= 15 is 0 Å². The van der Waals surface area contributed by atoms with Gasteiger partial charge in [0.15, 0.2) is 0 Å². The summed E-state index contributed by atoms with van der Waals surface area (Å²) in [6.07, 6.45) is 5.95. The normalized spacial score (nSPS) is 15.6. The number of hydrogen-bond acceptors (Lipinski definition) is 3. The highest BCUT2D eigenvalue weighted by atomic mass is 16.2. The van der Waals surface area contributed by atoms with Crippen molar-refractivity contribution in [3.63, 3.8) is 0 Å². The average Bonchev–Trinajstić information content (AvgIpc) is 2.68. The fraction of sp³-hybridized carbons (Fsp3) is 0.533. The highest BCUT2D eigenvalue weighted by Crippen LogP contribution is 2.11. The summed E-state index contributed by atoms with van der Waals surface area (Å²) < 4.78 is 0. The molecule has 0 saturated carbocycles. The molecule has 6 nitrogen and oxygen atoms in total. The second-order valence-corrected chi connectivity index (χ2v) is 5.21. The van der Waals surface area contributed by atoms with Crippen LogP contribution in [0.25, 0.3) is 0 Å². The summed E-state index contributed by atoms with van der Waals surface area (Å²) in [5.41, 5.74) is -0.277. The van der Waals surface area contributed by atoms with Gasteiger partial charge in [0.1, 0.15) is 5.56 Å². The molecule has 2 N–H and O–H groups in total. The van der Waals surface area contributed by atoms with E-state index in [9.17, 15) is 14.4 Å². The minimum Gasteiger partial charge on any atom is -0.352 e. The number of aromatic nitrogens is 1. The fourth-order valence-corrected chi connectivity index (χ4v) is 2.44. The monoisotopic (exact) mass is 291 g/mol. The van der Waals surface area contributed by atoms with Crippen molar-refractivity contribution in [2.75, 3.05) is 19.6 Å². The van der Waals surface area contributed by atoms with Gasteiger partial charge in [0, 0.05) is 32.3 Å². The van der Waals surface area contributed by atoms with Gasteiger partial charge in [0.2, 0.25) is 5.91 Å². The lowest BCUT2D eigenvalue weighted by Gasteiger charge is -2.20. The summed E-state index contributed by atoms with van der Waals surface area (Å²) in [6, 6.07) is 3.11. The maximum atomic E-state index is 11.8. The molecule has 0 spiro atoms. The van der Waals surface area contributed by atoms with Gasteiger partial charge in [-0.15, -0.1) is 0 Å². The van der Waals surface area contributed by atoms with E-state index < -0.39 is 5.56 Å². The molecular formula is C15H21N3O3. The summed E-state index contributed by atoms with van der Waals surface area (Å²) >= 11 is 0. The largest absolute Gasteiger partial charge is 0.352 e. The molecule has 1 aromatic rings. The van der Waals surface area contributed by atoms with Gasteiger partial charge in [-0.2, -0.15) is 0 Å². The van der Waals surface area contributed by atoms with Crippen LogP contribution in [-0.2, 0) is 4.79 Å². The van der Waals surface area contributed by atoms with E-state index in [-0.39, 0.29) is 17.4 Å². The molecule has 0 atom stereocenters. The first-order chi connectivity index (χ1) is 10.2. The molecule has 1 fully saturated rings. The molecular weight excluding hydrogens is 270 g/mol. The average molecular weight is 291 g/mol. The Labute approximate surface area is 123 Å². The number of carbonyl (C=O) groups excluding carboxylic acids is 2. The number of likely N-dealkylation sites (tertiary alicyclic amines) is 1. The van der Waals surface area contributed by atoms with Crippen LogP contribution in [-0.4, -0.2) is 41.3 Å². The first-order valence-electron chi connectivity index (χ1n) is 7.42. The summed E-state index contributed by atoms with van der Waals surface area (Å²) in [6.45, 7) is 1.92. The van der Waals surface area contributed by atoms with E-state index in [4.69, 9.17) is 0 Å². The number of carbonyl (C=O) groups is 2. The van der Waals surface area contributed by atoms with Crippen LogP contribution in [0.15, 0.2) is 23.1 Å². The zero-order valence-corrected chi connectivity index (χ0v) is 12.1. The Bertz CT molecular complexity index is 553. The number of H-pyrrole nitrogens is 1. The maximum Gasteiger partial charge on any atom is 0.260 e. The lowest BCUT2D eigenvalue weighted by atomic mass is 10.2. The highest BCUT2D eigenvalue weighted by Gasteiger charge is 2.16. The zero-order valence-electron chi connectivity index (χ0n) is 12.1. The molecule has 1 aliphatic heterocycles. The molecule has 2 rings (SSSR count). The minimum atomic E-state index is -0.391. The molecule has 2 heterocycles. The van der Waals surface area contributed by atoms with Crippen LogP contribution in [0.2, 0.25) is 0 Å². The Morgan fingerprint density at radius 3 is 2.95 bits per heavy atom. The SMILES string of the molecule is O=C(NCCCN1CCCCCC1=O)c1ccc[nH]c1=O. The molecule has 2 amide bonds. The molecule has 0 radical (unpaired) electrons. The van der Waals surface area contributed by atoms with Gasteiger partial charge < -0.3 is 15.2 Å². The van der Waals surface area contributed by atoms with E-state index in [0.29, 0.717) is 25.9 Å². The summed E-state index contributed by atoms with van der Waals surface area (Å²) in [5.74, 6) is -0.169. The zero-order chi connectivity index (χ0) is 15.1. The van der Waals surface area contributed by atoms with Gasteiger partial charge in [-0.05, 0) is 31.4 Å². The van der Waals surface area contributed by atoms with Gasteiger partial charge in [-0.3, -0.25) is 14.4 Å². The van der Waals surface area contributed by atoms with E-state index in [1.807, 2.05) is 4.90 Å². The van der Waals surface area contributed by atoms with Crippen LogP contribution in [0, 0.1) is 0 Å². The molecule has 0 aromatic carbocycles. The van der Waals surface area contributed by atoms with Crippen LogP contribution in [0.3, 0.4) is 0 Å². The predicted molar refractivity (Wildman–Crippen MR) is 79.1 cm³/mol. The van der Waals surface area contributed by atoms with Crippen molar-refractivity contribution >= 4 is 11.8 Å². The second kappa shape index (κ2) is 7.61. The number of amides is 2. The third-order valence-corrected chi connectivity index (χ3v) is 3.62. The second-order valence-electron chi connectivity index (χ2n) is 5.21. The van der Waals surface area contributed by atoms with Crippen molar-refractivity contribution in [3.8, 4) is 0 Å². The molecule has 21 heavy (non-hydrogen) atoms. The van der Waals surface area contributed by atoms with Crippen molar-refractivity contribution in [2.24, 2.45) is 0 Å². The van der Waals surface area contributed by atoms with Crippen molar-refractivity contribution in [1.29, 1.82) is 0 Å². The van der Waals surface area contributed by atoms with Gasteiger partial charge >= 0.3 is 0 Å². The van der Waals surface area contributed by atoms with Crippen LogP contribution in [0.4, 0.5) is 0 Å². The van der Waals surface area contributed by atoms with Crippen LogP contribution >= 0.6 is 0 Å².